The number of halogens is 2. The van der Waals surface area contributed by atoms with Crippen molar-refractivity contribution in [1.82, 2.24) is 0 Å². The summed E-state index contributed by atoms with van der Waals surface area (Å²) >= 11 is 9.22. The fourth-order valence-corrected chi connectivity index (χ4v) is 4.92. The summed E-state index contributed by atoms with van der Waals surface area (Å²) in [6.45, 7) is 0. The first-order valence-electron chi connectivity index (χ1n) is 7.83. The number of para-hydroxylation sites is 1. The van der Waals surface area contributed by atoms with Crippen molar-refractivity contribution in [3.63, 3.8) is 0 Å². The Morgan fingerprint density at radius 1 is 0.679 bits per heavy atom. The molecule has 146 valence electrons. The Kier molecular flexibility index (Phi) is 5.99. The molecular weight excluding hydrogens is 488 g/mol. The number of hydrogen-bond donors (Lipinski definition) is 2. The number of hydrogen-bond acceptors (Lipinski definition) is 4. The molecule has 0 aliphatic carbocycles. The Labute approximate surface area is 176 Å². The molecule has 3 aromatic carbocycles. The van der Waals surface area contributed by atoms with E-state index in [9.17, 15) is 16.8 Å². The zero-order valence-corrected chi connectivity index (χ0v) is 18.1. The molecule has 0 saturated carbocycles. The van der Waals surface area contributed by atoms with E-state index >= 15 is 0 Å². The lowest BCUT2D eigenvalue weighted by atomic mass is 10.3. The first-order chi connectivity index (χ1) is 13.2. The van der Waals surface area contributed by atoms with Crippen molar-refractivity contribution in [1.29, 1.82) is 0 Å². The Morgan fingerprint density at radius 2 is 1.18 bits per heavy atom. The molecule has 0 fully saturated rings. The van der Waals surface area contributed by atoms with E-state index in [0.29, 0.717) is 0 Å². The van der Waals surface area contributed by atoms with Crippen molar-refractivity contribution in [3.8, 4) is 0 Å². The molecule has 28 heavy (non-hydrogen) atoms. The Hall–Kier alpha value is -2.07. The van der Waals surface area contributed by atoms with Crippen molar-refractivity contribution in [2.75, 3.05) is 9.44 Å². The topological polar surface area (TPSA) is 92.3 Å². The van der Waals surface area contributed by atoms with Gasteiger partial charge in [-0.05, 0) is 60.7 Å². The SMILES string of the molecule is O=S(=O)(Nc1ccc(S(=O)(=O)Nc2ccccc2Cl)cc1)c1ccc(Br)cc1. The normalized spacial score (nSPS) is 11.8. The fraction of sp³-hybridized carbons (Fsp3) is 0. The van der Waals surface area contributed by atoms with Crippen LogP contribution in [0.1, 0.15) is 0 Å². The van der Waals surface area contributed by atoms with Crippen molar-refractivity contribution < 1.29 is 16.8 Å². The summed E-state index contributed by atoms with van der Waals surface area (Å²) in [6, 6.07) is 18.0. The summed E-state index contributed by atoms with van der Waals surface area (Å²) in [5, 5.41) is 0.268. The van der Waals surface area contributed by atoms with Crippen molar-refractivity contribution >= 4 is 59.0 Å². The highest BCUT2D eigenvalue weighted by Crippen LogP contribution is 2.25. The van der Waals surface area contributed by atoms with Gasteiger partial charge in [-0.25, -0.2) is 16.8 Å². The number of nitrogens with one attached hydrogen (secondary N) is 2. The van der Waals surface area contributed by atoms with Gasteiger partial charge in [0.1, 0.15) is 0 Å². The average Bonchev–Trinajstić information content (AvgIpc) is 2.64. The monoisotopic (exact) mass is 500 g/mol. The van der Waals surface area contributed by atoms with Crippen LogP contribution in [0.2, 0.25) is 5.02 Å². The minimum Gasteiger partial charge on any atom is -0.280 e. The van der Waals surface area contributed by atoms with Crippen molar-refractivity contribution in [3.05, 3.63) is 82.3 Å². The number of sulfonamides is 2. The van der Waals surface area contributed by atoms with E-state index in [0.717, 1.165) is 4.47 Å². The number of rotatable bonds is 6. The lowest BCUT2D eigenvalue weighted by Crippen LogP contribution is -2.14. The Morgan fingerprint density at radius 3 is 1.75 bits per heavy atom. The van der Waals surface area contributed by atoms with E-state index < -0.39 is 20.0 Å². The molecule has 0 amide bonds. The zero-order valence-electron chi connectivity index (χ0n) is 14.1. The highest BCUT2D eigenvalue weighted by atomic mass is 79.9. The average molecular weight is 502 g/mol. The second-order valence-corrected chi connectivity index (χ2v) is 10.4. The van der Waals surface area contributed by atoms with Crippen LogP contribution in [0.5, 0.6) is 0 Å². The minimum atomic E-state index is -3.87. The maximum absolute atomic E-state index is 12.5. The highest BCUT2D eigenvalue weighted by molar-refractivity contribution is 9.10. The third kappa shape index (κ3) is 4.85. The summed E-state index contributed by atoms with van der Waals surface area (Å²) in [4.78, 5) is 0.0618. The smallest absolute Gasteiger partial charge is 0.261 e. The van der Waals surface area contributed by atoms with Crippen LogP contribution in [0.25, 0.3) is 0 Å². The zero-order chi connectivity index (χ0) is 20.4. The first-order valence-corrected chi connectivity index (χ1v) is 12.0. The van der Waals surface area contributed by atoms with Gasteiger partial charge in [-0.1, -0.05) is 39.7 Å². The van der Waals surface area contributed by atoms with Crippen molar-refractivity contribution in [2.24, 2.45) is 0 Å². The van der Waals surface area contributed by atoms with Gasteiger partial charge in [0, 0.05) is 10.2 Å². The molecule has 0 aliphatic rings. The van der Waals surface area contributed by atoms with Crippen LogP contribution in [0.4, 0.5) is 11.4 Å². The van der Waals surface area contributed by atoms with Gasteiger partial charge in [0.25, 0.3) is 20.0 Å². The molecule has 0 saturated heterocycles. The second-order valence-electron chi connectivity index (χ2n) is 5.67. The molecule has 0 spiro atoms. The van der Waals surface area contributed by atoms with Gasteiger partial charge in [-0.3, -0.25) is 9.44 Å². The van der Waals surface area contributed by atoms with E-state index in [1.807, 2.05) is 0 Å². The van der Waals surface area contributed by atoms with Crippen LogP contribution in [-0.2, 0) is 20.0 Å². The summed E-state index contributed by atoms with van der Waals surface area (Å²) in [6.07, 6.45) is 0. The molecule has 0 aromatic heterocycles. The van der Waals surface area contributed by atoms with Crippen LogP contribution in [0.3, 0.4) is 0 Å². The molecule has 2 N–H and O–H groups in total. The largest absolute Gasteiger partial charge is 0.280 e. The molecule has 3 aromatic rings. The molecule has 0 atom stereocenters. The Balaban J connectivity index is 1.79. The van der Waals surface area contributed by atoms with Crippen molar-refractivity contribution in [2.45, 2.75) is 9.79 Å². The predicted molar refractivity (Wildman–Crippen MR) is 114 cm³/mol. The molecule has 0 unspecified atom stereocenters. The molecule has 0 radical (unpaired) electrons. The molecule has 0 aliphatic heterocycles. The van der Waals surface area contributed by atoms with E-state index in [1.165, 1.54) is 36.4 Å². The van der Waals surface area contributed by atoms with Gasteiger partial charge in [-0.15, -0.1) is 0 Å². The van der Waals surface area contributed by atoms with Crippen LogP contribution in [-0.4, -0.2) is 16.8 Å². The lowest BCUT2D eigenvalue weighted by molar-refractivity contribution is 0.600. The third-order valence-electron chi connectivity index (χ3n) is 3.66. The summed E-state index contributed by atoms with van der Waals surface area (Å²) in [7, 11) is -7.66. The lowest BCUT2D eigenvalue weighted by Gasteiger charge is -2.11. The number of anilines is 2. The molecular formula is C18H14BrClN2O4S2. The van der Waals surface area contributed by atoms with Gasteiger partial charge in [0.05, 0.1) is 20.5 Å². The molecule has 3 rings (SSSR count). The predicted octanol–water partition coefficient (Wildman–Crippen LogP) is 4.70. The maximum Gasteiger partial charge on any atom is 0.261 e. The van der Waals surface area contributed by atoms with E-state index in [4.69, 9.17) is 11.6 Å². The van der Waals surface area contributed by atoms with Gasteiger partial charge in [-0.2, -0.15) is 0 Å². The van der Waals surface area contributed by atoms with E-state index in [1.54, 1.807) is 36.4 Å². The molecule has 0 heterocycles. The fourth-order valence-electron chi connectivity index (χ4n) is 2.28. The molecule has 6 nitrogen and oxygen atoms in total. The van der Waals surface area contributed by atoms with Gasteiger partial charge in [0.15, 0.2) is 0 Å². The third-order valence-corrected chi connectivity index (χ3v) is 7.30. The highest BCUT2D eigenvalue weighted by Gasteiger charge is 2.17. The summed E-state index contributed by atoms with van der Waals surface area (Å²) in [5.74, 6) is 0. The quantitative estimate of drug-likeness (QED) is 0.512. The van der Waals surface area contributed by atoms with E-state index in [2.05, 4.69) is 25.4 Å². The molecule has 10 heteroatoms. The van der Waals surface area contributed by atoms with Crippen LogP contribution in [0, 0.1) is 0 Å². The number of benzene rings is 3. The van der Waals surface area contributed by atoms with Crippen LogP contribution >= 0.6 is 27.5 Å². The van der Waals surface area contributed by atoms with Crippen LogP contribution in [0.15, 0.2) is 87.1 Å². The standard InChI is InChI=1S/C18H14BrClN2O4S2/c19-13-5-9-15(10-6-13)27(23,24)21-14-7-11-16(12-8-14)28(25,26)22-18-4-2-1-3-17(18)20/h1-12,21-22H. The maximum atomic E-state index is 12.5. The first kappa shape index (κ1) is 20.7. The van der Waals surface area contributed by atoms with Crippen LogP contribution < -0.4 is 9.44 Å². The summed E-state index contributed by atoms with van der Waals surface area (Å²) < 4.78 is 55.4. The second kappa shape index (κ2) is 8.12. The summed E-state index contributed by atoms with van der Waals surface area (Å²) in [5.41, 5.74) is 0.490. The van der Waals surface area contributed by atoms with E-state index in [-0.39, 0.29) is 26.2 Å². The molecule has 0 bridgehead atoms. The Bertz CT molecular complexity index is 1200. The van der Waals surface area contributed by atoms with Gasteiger partial charge < -0.3 is 0 Å². The van der Waals surface area contributed by atoms with Gasteiger partial charge in [0.2, 0.25) is 0 Å². The minimum absolute atomic E-state index is 0.0287. The van der Waals surface area contributed by atoms with Gasteiger partial charge >= 0.3 is 0 Å².